The van der Waals surface area contributed by atoms with E-state index >= 15 is 0 Å². The fourth-order valence-corrected chi connectivity index (χ4v) is 4.75. The van der Waals surface area contributed by atoms with E-state index in [2.05, 4.69) is 15.6 Å². The van der Waals surface area contributed by atoms with Gasteiger partial charge in [0.1, 0.15) is 17.4 Å². The number of fused-ring (bicyclic) bond motifs is 3. The molecule has 8 heteroatoms. The maximum absolute atomic E-state index is 13.6. The molecule has 34 heavy (non-hydrogen) atoms. The molecule has 1 heterocycles. The Morgan fingerprint density at radius 2 is 1.91 bits per heavy atom. The van der Waals surface area contributed by atoms with Crippen molar-refractivity contribution < 1.29 is 18.8 Å². The third-order valence-electron chi connectivity index (χ3n) is 6.51. The number of aryl methyl sites for hydroxylation is 1. The Morgan fingerprint density at radius 3 is 2.62 bits per heavy atom. The Kier molecular flexibility index (Phi) is 6.41. The molecule has 0 saturated carbocycles. The zero-order valence-corrected chi connectivity index (χ0v) is 19.3. The lowest BCUT2D eigenvalue weighted by Gasteiger charge is -2.38. The summed E-state index contributed by atoms with van der Waals surface area (Å²) < 4.78 is 13.6. The molecule has 0 aliphatic heterocycles. The highest BCUT2D eigenvalue weighted by Gasteiger charge is 2.45. The summed E-state index contributed by atoms with van der Waals surface area (Å²) in [6.07, 6.45) is 1.07. The molecule has 2 atom stereocenters. The zero-order chi connectivity index (χ0) is 24.5. The number of halogens is 1. The molecular weight excluding hydrogens is 435 g/mol. The molecule has 0 bridgehead atoms. The van der Waals surface area contributed by atoms with Crippen LogP contribution in [0.15, 0.2) is 48.5 Å². The van der Waals surface area contributed by atoms with Crippen molar-refractivity contribution in [1.82, 2.24) is 15.6 Å². The summed E-state index contributed by atoms with van der Waals surface area (Å²) in [7, 11) is 0. The van der Waals surface area contributed by atoms with Gasteiger partial charge in [-0.05, 0) is 48.1 Å². The molecule has 5 N–H and O–H groups in total. The maximum Gasteiger partial charge on any atom is 0.246 e. The molecule has 4 rings (SSSR count). The topological polar surface area (TPSA) is 117 Å². The average molecular weight is 465 g/mol. The summed E-state index contributed by atoms with van der Waals surface area (Å²) in [4.78, 5) is 42.1. The minimum Gasteiger partial charge on any atom is -0.368 e. The number of aromatic nitrogens is 1. The smallest absolute Gasteiger partial charge is 0.246 e. The first kappa shape index (κ1) is 23.5. The van der Waals surface area contributed by atoms with Gasteiger partial charge in [-0.15, -0.1) is 0 Å². The van der Waals surface area contributed by atoms with Crippen LogP contribution in [-0.4, -0.2) is 34.3 Å². The fourth-order valence-electron chi connectivity index (χ4n) is 4.75. The second-order valence-corrected chi connectivity index (χ2v) is 9.34. The highest BCUT2D eigenvalue weighted by molar-refractivity contribution is 5.96. The van der Waals surface area contributed by atoms with Gasteiger partial charge in [0.25, 0.3) is 0 Å². The van der Waals surface area contributed by atoms with E-state index in [1.807, 2.05) is 24.3 Å². The number of H-pyrrole nitrogens is 1. The number of para-hydroxylation sites is 1. The molecular formula is C26H29FN4O3. The van der Waals surface area contributed by atoms with Crippen molar-refractivity contribution in [3.05, 3.63) is 71.2 Å². The number of rotatable bonds is 7. The number of primary amides is 1. The first-order valence-corrected chi connectivity index (χ1v) is 11.4. The summed E-state index contributed by atoms with van der Waals surface area (Å²) in [6.45, 7) is 3.59. The van der Waals surface area contributed by atoms with Crippen molar-refractivity contribution >= 4 is 28.6 Å². The highest BCUT2D eigenvalue weighted by Crippen LogP contribution is 2.34. The number of amides is 3. The Bertz CT molecular complexity index is 1250. The number of hydrogen-bond acceptors (Lipinski definition) is 3. The molecule has 0 fully saturated rings. The molecule has 178 valence electrons. The Hall–Kier alpha value is -3.68. The largest absolute Gasteiger partial charge is 0.368 e. The number of aromatic amines is 1. The maximum atomic E-state index is 13.6. The molecule has 0 radical (unpaired) electrons. The Labute approximate surface area is 197 Å². The first-order chi connectivity index (χ1) is 16.2. The monoisotopic (exact) mass is 464 g/mol. The highest BCUT2D eigenvalue weighted by atomic mass is 19.1. The van der Waals surface area contributed by atoms with Gasteiger partial charge in [0.15, 0.2) is 0 Å². The van der Waals surface area contributed by atoms with E-state index in [0.717, 1.165) is 22.2 Å². The zero-order valence-electron chi connectivity index (χ0n) is 19.3. The van der Waals surface area contributed by atoms with Crippen LogP contribution in [0.5, 0.6) is 0 Å². The summed E-state index contributed by atoms with van der Waals surface area (Å²) >= 11 is 0. The predicted octanol–water partition coefficient (Wildman–Crippen LogP) is 2.52. The van der Waals surface area contributed by atoms with Gasteiger partial charge in [0.05, 0.1) is 6.42 Å². The molecule has 3 amide bonds. The van der Waals surface area contributed by atoms with E-state index in [1.54, 1.807) is 26.0 Å². The molecule has 1 aliphatic carbocycles. The average Bonchev–Trinajstić information content (AvgIpc) is 3.14. The number of nitrogens with two attached hydrogens (primary N) is 1. The SMILES string of the molecule is CC(C)[C@H](NC(=O)[C@]1(NC(=O)Cc2cccc(F)c2)CCc2[nH]c3ccccc3c2C1)C(N)=O. The number of hydrogen-bond donors (Lipinski definition) is 4. The van der Waals surface area contributed by atoms with Crippen LogP contribution in [0.4, 0.5) is 4.39 Å². The fraction of sp³-hybridized carbons (Fsp3) is 0.346. The van der Waals surface area contributed by atoms with Gasteiger partial charge >= 0.3 is 0 Å². The summed E-state index contributed by atoms with van der Waals surface area (Å²) in [6, 6.07) is 12.8. The Balaban J connectivity index is 1.67. The van der Waals surface area contributed by atoms with Crippen molar-refractivity contribution in [3.8, 4) is 0 Å². The van der Waals surface area contributed by atoms with Crippen LogP contribution in [0.3, 0.4) is 0 Å². The van der Waals surface area contributed by atoms with Gasteiger partial charge in [-0.2, -0.15) is 0 Å². The van der Waals surface area contributed by atoms with Gasteiger partial charge in [-0.3, -0.25) is 14.4 Å². The standard InChI is InChI=1S/C26H29FN4O3/c1-15(2)23(24(28)33)30-25(34)26(31-22(32)13-16-6-5-7-17(27)12-16)11-10-21-19(14-26)18-8-3-4-9-20(18)29-21/h3-9,12,15,23,29H,10-11,13-14H2,1-2H3,(H2,28,33)(H,30,34)(H,31,32)/t23-,26-/m0/s1. The molecule has 1 aliphatic rings. The summed E-state index contributed by atoms with van der Waals surface area (Å²) in [5, 5.41) is 6.71. The van der Waals surface area contributed by atoms with Gasteiger partial charge in [0, 0.05) is 23.0 Å². The molecule has 7 nitrogen and oxygen atoms in total. The lowest BCUT2D eigenvalue weighted by Crippen LogP contribution is -2.64. The van der Waals surface area contributed by atoms with Crippen molar-refractivity contribution in [1.29, 1.82) is 0 Å². The number of benzene rings is 2. The van der Waals surface area contributed by atoms with Crippen molar-refractivity contribution in [2.24, 2.45) is 11.7 Å². The Morgan fingerprint density at radius 1 is 1.15 bits per heavy atom. The molecule has 2 aromatic carbocycles. The van der Waals surface area contributed by atoms with Crippen LogP contribution in [-0.2, 0) is 33.6 Å². The number of carbonyl (C=O) groups excluding carboxylic acids is 3. The molecule has 0 spiro atoms. The van der Waals surface area contributed by atoms with Crippen molar-refractivity contribution in [3.63, 3.8) is 0 Å². The lowest BCUT2D eigenvalue weighted by molar-refractivity contribution is -0.136. The third-order valence-corrected chi connectivity index (χ3v) is 6.51. The van der Waals surface area contributed by atoms with E-state index in [9.17, 15) is 18.8 Å². The predicted molar refractivity (Wildman–Crippen MR) is 127 cm³/mol. The van der Waals surface area contributed by atoms with Crippen LogP contribution < -0.4 is 16.4 Å². The first-order valence-electron chi connectivity index (χ1n) is 11.4. The van der Waals surface area contributed by atoms with Crippen LogP contribution in [0, 0.1) is 11.7 Å². The van der Waals surface area contributed by atoms with E-state index in [1.165, 1.54) is 12.1 Å². The number of nitrogens with one attached hydrogen (secondary N) is 3. The van der Waals surface area contributed by atoms with Gasteiger partial charge in [-0.25, -0.2) is 4.39 Å². The third kappa shape index (κ3) is 4.66. The van der Waals surface area contributed by atoms with Crippen LogP contribution in [0.2, 0.25) is 0 Å². The van der Waals surface area contributed by atoms with Gasteiger partial charge in [-0.1, -0.05) is 44.2 Å². The van der Waals surface area contributed by atoms with Gasteiger partial charge < -0.3 is 21.4 Å². The van der Waals surface area contributed by atoms with E-state index in [-0.39, 0.29) is 18.8 Å². The van der Waals surface area contributed by atoms with Crippen LogP contribution >= 0.6 is 0 Å². The summed E-state index contributed by atoms with van der Waals surface area (Å²) in [5.41, 5.74) is 7.72. The van der Waals surface area contributed by atoms with E-state index in [4.69, 9.17) is 5.73 Å². The van der Waals surface area contributed by atoms with Crippen molar-refractivity contribution in [2.75, 3.05) is 0 Å². The molecule has 1 aromatic heterocycles. The van der Waals surface area contributed by atoms with Gasteiger partial charge in [0.2, 0.25) is 17.7 Å². The van der Waals surface area contributed by atoms with Crippen LogP contribution in [0.1, 0.15) is 37.1 Å². The minimum atomic E-state index is -1.27. The molecule has 0 saturated heterocycles. The molecule has 3 aromatic rings. The second kappa shape index (κ2) is 9.29. The van der Waals surface area contributed by atoms with E-state index < -0.39 is 35.1 Å². The lowest BCUT2D eigenvalue weighted by atomic mass is 9.78. The minimum absolute atomic E-state index is 0.0725. The molecule has 0 unspecified atom stereocenters. The van der Waals surface area contributed by atoms with Crippen molar-refractivity contribution in [2.45, 2.75) is 51.1 Å². The summed E-state index contributed by atoms with van der Waals surface area (Å²) in [5.74, 6) is -2.13. The van der Waals surface area contributed by atoms with Crippen LogP contribution in [0.25, 0.3) is 10.9 Å². The normalized spacial score (nSPS) is 18.4. The quantitative estimate of drug-likeness (QED) is 0.430. The number of carbonyl (C=O) groups is 3. The second-order valence-electron chi connectivity index (χ2n) is 9.34. The van der Waals surface area contributed by atoms with E-state index in [0.29, 0.717) is 18.4 Å².